The number of aliphatic hydroxyl groups is 1. The molecule has 1 aliphatic heterocycles. The first kappa shape index (κ1) is 17.1. The molecule has 0 radical (unpaired) electrons. The predicted molar refractivity (Wildman–Crippen MR) is 93.6 cm³/mol. The number of amides is 1. The van der Waals surface area contributed by atoms with Crippen molar-refractivity contribution in [1.82, 2.24) is 5.32 Å². The number of benzene rings is 2. The van der Waals surface area contributed by atoms with Gasteiger partial charge in [0.25, 0.3) is 5.91 Å². The van der Waals surface area contributed by atoms with Gasteiger partial charge in [-0.05, 0) is 42.8 Å². The van der Waals surface area contributed by atoms with Gasteiger partial charge in [0.15, 0.2) is 11.5 Å². The molecule has 126 valence electrons. The van der Waals surface area contributed by atoms with Crippen LogP contribution in [-0.2, 0) is 5.60 Å². The van der Waals surface area contributed by atoms with Gasteiger partial charge in [-0.25, -0.2) is 0 Å². The van der Waals surface area contributed by atoms with Gasteiger partial charge in [-0.1, -0.05) is 33.6 Å². The van der Waals surface area contributed by atoms with E-state index in [0.29, 0.717) is 27.6 Å². The average molecular weight is 413 g/mol. The molecule has 0 bridgehead atoms. The first-order valence-electron chi connectivity index (χ1n) is 7.22. The maximum Gasteiger partial charge on any atom is 0.252 e. The van der Waals surface area contributed by atoms with Crippen LogP contribution < -0.4 is 14.8 Å². The SMILES string of the molecule is CC(O)(CNC(=O)c1cc(Br)ccc1Cl)c1ccc2c(c1)OCO2. The summed E-state index contributed by atoms with van der Waals surface area (Å²) in [5.74, 6) is 0.857. The summed E-state index contributed by atoms with van der Waals surface area (Å²) in [6, 6.07) is 10.2. The number of nitrogens with one attached hydrogen (secondary N) is 1. The van der Waals surface area contributed by atoms with Gasteiger partial charge in [-0.2, -0.15) is 0 Å². The number of rotatable bonds is 4. The normalized spacial score (nSPS) is 15.0. The number of ether oxygens (including phenoxy) is 2. The summed E-state index contributed by atoms with van der Waals surface area (Å²) in [5, 5.41) is 13.7. The van der Waals surface area contributed by atoms with E-state index >= 15 is 0 Å². The highest BCUT2D eigenvalue weighted by Gasteiger charge is 2.27. The Morgan fingerprint density at radius 3 is 2.83 bits per heavy atom. The molecule has 2 aromatic carbocycles. The van der Waals surface area contributed by atoms with Gasteiger partial charge < -0.3 is 19.9 Å². The first-order chi connectivity index (χ1) is 11.4. The molecule has 1 aliphatic rings. The van der Waals surface area contributed by atoms with Crippen molar-refractivity contribution < 1.29 is 19.4 Å². The lowest BCUT2D eigenvalue weighted by Crippen LogP contribution is -2.38. The maximum absolute atomic E-state index is 12.3. The second-order valence-corrected chi connectivity index (χ2v) is 6.97. The number of hydrogen-bond donors (Lipinski definition) is 2. The van der Waals surface area contributed by atoms with Crippen LogP contribution in [0.4, 0.5) is 0 Å². The lowest BCUT2D eigenvalue weighted by atomic mass is 9.95. The largest absolute Gasteiger partial charge is 0.454 e. The summed E-state index contributed by atoms with van der Waals surface area (Å²) in [6.45, 7) is 1.81. The molecule has 1 unspecified atom stereocenters. The summed E-state index contributed by atoms with van der Waals surface area (Å²) in [7, 11) is 0. The van der Waals surface area contributed by atoms with Crippen molar-refractivity contribution >= 4 is 33.4 Å². The molecule has 0 saturated carbocycles. The smallest absolute Gasteiger partial charge is 0.252 e. The Labute approximate surface area is 152 Å². The molecule has 1 atom stereocenters. The second kappa shape index (κ2) is 6.63. The Hall–Kier alpha value is -1.76. The number of hydrogen-bond acceptors (Lipinski definition) is 4. The zero-order chi connectivity index (χ0) is 17.3. The zero-order valence-corrected chi connectivity index (χ0v) is 15.1. The molecule has 0 aromatic heterocycles. The van der Waals surface area contributed by atoms with Crippen molar-refractivity contribution in [3.8, 4) is 11.5 Å². The Balaban J connectivity index is 1.73. The molecule has 1 amide bonds. The molecule has 1 heterocycles. The lowest BCUT2D eigenvalue weighted by Gasteiger charge is -2.24. The average Bonchev–Trinajstić information content (AvgIpc) is 3.02. The van der Waals surface area contributed by atoms with Crippen LogP contribution >= 0.6 is 27.5 Å². The quantitative estimate of drug-likeness (QED) is 0.807. The van der Waals surface area contributed by atoms with Crippen molar-refractivity contribution in [1.29, 1.82) is 0 Å². The summed E-state index contributed by atoms with van der Waals surface area (Å²) in [4.78, 5) is 12.3. The van der Waals surface area contributed by atoms with E-state index in [9.17, 15) is 9.90 Å². The number of halogens is 2. The maximum atomic E-state index is 12.3. The molecule has 0 aliphatic carbocycles. The van der Waals surface area contributed by atoms with Gasteiger partial charge in [0.1, 0.15) is 5.60 Å². The van der Waals surface area contributed by atoms with Gasteiger partial charge in [0.2, 0.25) is 6.79 Å². The lowest BCUT2D eigenvalue weighted by molar-refractivity contribution is 0.0525. The fourth-order valence-electron chi connectivity index (χ4n) is 2.35. The Morgan fingerprint density at radius 1 is 1.29 bits per heavy atom. The van der Waals surface area contributed by atoms with E-state index in [1.807, 2.05) is 0 Å². The second-order valence-electron chi connectivity index (χ2n) is 5.65. The molecule has 2 N–H and O–H groups in total. The van der Waals surface area contributed by atoms with Crippen molar-refractivity contribution in [2.75, 3.05) is 13.3 Å². The van der Waals surface area contributed by atoms with E-state index in [1.165, 1.54) is 0 Å². The molecule has 0 saturated heterocycles. The Bertz CT molecular complexity index is 794. The minimum atomic E-state index is -1.27. The molecule has 2 aromatic rings. The minimum absolute atomic E-state index is 0.0221. The van der Waals surface area contributed by atoms with E-state index in [4.69, 9.17) is 21.1 Å². The summed E-state index contributed by atoms with van der Waals surface area (Å²) < 4.78 is 11.3. The fourth-order valence-corrected chi connectivity index (χ4v) is 2.92. The van der Waals surface area contributed by atoms with Crippen LogP contribution in [0.5, 0.6) is 11.5 Å². The minimum Gasteiger partial charge on any atom is -0.454 e. The van der Waals surface area contributed by atoms with Crippen molar-refractivity contribution in [2.45, 2.75) is 12.5 Å². The van der Waals surface area contributed by atoms with Gasteiger partial charge in [-0.15, -0.1) is 0 Å². The molecule has 0 fully saturated rings. The van der Waals surface area contributed by atoms with Crippen LogP contribution in [0.25, 0.3) is 0 Å². The van der Waals surface area contributed by atoms with E-state index < -0.39 is 5.60 Å². The predicted octanol–water partition coefficient (Wildman–Crippen LogP) is 3.47. The van der Waals surface area contributed by atoms with Crippen molar-refractivity contribution in [3.63, 3.8) is 0 Å². The summed E-state index contributed by atoms with van der Waals surface area (Å²) in [5.41, 5.74) is -0.310. The zero-order valence-electron chi connectivity index (χ0n) is 12.8. The standard InChI is InChI=1S/C17H15BrClNO4/c1-17(22,10-2-5-14-15(6-10)24-9-23-14)8-20-16(21)12-7-11(18)3-4-13(12)19/h2-7,22H,8-9H2,1H3,(H,20,21). The molecule has 0 spiro atoms. The van der Waals surface area contributed by atoms with Crippen LogP contribution in [0.3, 0.4) is 0 Å². The van der Waals surface area contributed by atoms with Crippen molar-refractivity contribution in [3.05, 3.63) is 57.0 Å². The van der Waals surface area contributed by atoms with Gasteiger partial charge >= 0.3 is 0 Å². The van der Waals surface area contributed by atoms with Crippen LogP contribution in [-0.4, -0.2) is 24.4 Å². The van der Waals surface area contributed by atoms with E-state index in [0.717, 1.165) is 4.47 Å². The summed E-state index contributed by atoms with van der Waals surface area (Å²) >= 11 is 9.35. The van der Waals surface area contributed by atoms with E-state index in [1.54, 1.807) is 43.3 Å². The van der Waals surface area contributed by atoms with Crippen molar-refractivity contribution in [2.24, 2.45) is 0 Å². The highest BCUT2D eigenvalue weighted by Crippen LogP contribution is 2.35. The highest BCUT2D eigenvalue weighted by atomic mass is 79.9. The highest BCUT2D eigenvalue weighted by molar-refractivity contribution is 9.10. The fraction of sp³-hybridized carbons (Fsp3) is 0.235. The van der Waals surface area contributed by atoms with Crippen LogP contribution in [0.1, 0.15) is 22.8 Å². The van der Waals surface area contributed by atoms with E-state index in [2.05, 4.69) is 21.2 Å². The third kappa shape index (κ3) is 3.50. The van der Waals surface area contributed by atoms with E-state index in [-0.39, 0.29) is 19.2 Å². The Kier molecular flexibility index (Phi) is 4.71. The molecule has 7 heteroatoms. The molecule has 3 rings (SSSR count). The van der Waals surface area contributed by atoms with Gasteiger partial charge in [0.05, 0.1) is 17.1 Å². The third-order valence-electron chi connectivity index (χ3n) is 3.76. The molecular weight excluding hydrogens is 398 g/mol. The van der Waals surface area contributed by atoms with Crippen LogP contribution in [0.2, 0.25) is 5.02 Å². The van der Waals surface area contributed by atoms with Crippen LogP contribution in [0.15, 0.2) is 40.9 Å². The molecule has 5 nitrogen and oxygen atoms in total. The van der Waals surface area contributed by atoms with Gasteiger partial charge in [-0.3, -0.25) is 4.79 Å². The third-order valence-corrected chi connectivity index (χ3v) is 4.58. The molecular formula is C17H15BrClNO4. The summed E-state index contributed by atoms with van der Waals surface area (Å²) in [6.07, 6.45) is 0. The monoisotopic (exact) mass is 411 g/mol. The number of fused-ring (bicyclic) bond motifs is 1. The Morgan fingerprint density at radius 2 is 2.04 bits per heavy atom. The molecule has 24 heavy (non-hydrogen) atoms. The van der Waals surface area contributed by atoms with Crippen LogP contribution in [0, 0.1) is 0 Å². The van der Waals surface area contributed by atoms with Gasteiger partial charge in [0, 0.05) is 4.47 Å². The topological polar surface area (TPSA) is 67.8 Å². The number of carbonyl (C=O) groups is 1. The number of carbonyl (C=O) groups excluding carboxylic acids is 1. The first-order valence-corrected chi connectivity index (χ1v) is 8.40.